The third-order valence-corrected chi connectivity index (χ3v) is 3.95. The van der Waals surface area contributed by atoms with Crippen molar-refractivity contribution in [1.29, 1.82) is 0 Å². The number of rotatable bonds is 3. The van der Waals surface area contributed by atoms with E-state index in [2.05, 4.69) is 46.9 Å². The summed E-state index contributed by atoms with van der Waals surface area (Å²) in [6.07, 6.45) is 2.60. The van der Waals surface area contributed by atoms with Crippen molar-refractivity contribution < 1.29 is 0 Å². The Labute approximate surface area is 89.7 Å². The van der Waals surface area contributed by atoms with Crippen LogP contribution in [0.3, 0.4) is 0 Å². The minimum absolute atomic E-state index is 0.466. The van der Waals surface area contributed by atoms with Gasteiger partial charge in [0.2, 0.25) is 0 Å². The topological polar surface area (TPSA) is 12.0 Å². The van der Waals surface area contributed by atoms with Gasteiger partial charge in [-0.25, -0.2) is 0 Å². The van der Waals surface area contributed by atoms with E-state index >= 15 is 0 Å². The van der Waals surface area contributed by atoms with E-state index in [1.54, 1.807) is 0 Å². The maximum absolute atomic E-state index is 3.66. The van der Waals surface area contributed by atoms with Crippen molar-refractivity contribution in [2.24, 2.45) is 16.7 Å². The largest absolute Gasteiger partial charge is 0.313 e. The smallest absolute Gasteiger partial charge is 0.0124 e. The molecule has 0 aromatic carbocycles. The lowest BCUT2D eigenvalue weighted by Gasteiger charge is -2.58. The zero-order valence-corrected chi connectivity index (χ0v) is 10.8. The van der Waals surface area contributed by atoms with Gasteiger partial charge in [-0.05, 0) is 36.1 Å². The molecule has 14 heavy (non-hydrogen) atoms. The van der Waals surface area contributed by atoms with Gasteiger partial charge in [-0.1, -0.05) is 41.5 Å². The summed E-state index contributed by atoms with van der Waals surface area (Å²) in [7, 11) is 0. The van der Waals surface area contributed by atoms with Gasteiger partial charge in [-0.15, -0.1) is 0 Å². The van der Waals surface area contributed by atoms with Crippen LogP contribution in [-0.4, -0.2) is 12.6 Å². The van der Waals surface area contributed by atoms with Crippen molar-refractivity contribution in [2.75, 3.05) is 6.54 Å². The highest BCUT2D eigenvalue weighted by atomic mass is 15.0. The summed E-state index contributed by atoms with van der Waals surface area (Å²) in [4.78, 5) is 0. The molecule has 0 bridgehead atoms. The summed E-state index contributed by atoms with van der Waals surface area (Å²) in [6, 6.07) is 0.742. The van der Waals surface area contributed by atoms with Crippen molar-refractivity contribution in [2.45, 2.75) is 60.4 Å². The van der Waals surface area contributed by atoms with E-state index in [4.69, 9.17) is 0 Å². The quantitative estimate of drug-likeness (QED) is 0.731. The van der Waals surface area contributed by atoms with Crippen molar-refractivity contribution in [1.82, 2.24) is 5.32 Å². The molecule has 1 N–H and O–H groups in total. The Balaban J connectivity index is 2.50. The average Bonchev–Trinajstić information content (AvgIpc) is 2.00. The number of hydrogen-bond acceptors (Lipinski definition) is 1. The van der Waals surface area contributed by atoms with Gasteiger partial charge in [0.25, 0.3) is 0 Å². The normalized spacial score (nSPS) is 31.3. The molecule has 0 aromatic heterocycles. The predicted molar refractivity (Wildman–Crippen MR) is 63.4 cm³/mol. The lowest BCUT2D eigenvalue weighted by molar-refractivity contribution is -0.0557. The average molecular weight is 197 g/mol. The minimum atomic E-state index is 0.466. The molecule has 0 spiro atoms. The Morgan fingerprint density at radius 2 is 1.86 bits per heavy atom. The molecule has 2 atom stereocenters. The van der Waals surface area contributed by atoms with Crippen LogP contribution in [0.25, 0.3) is 0 Å². The van der Waals surface area contributed by atoms with E-state index in [1.165, 1.54) is 19.4 Å². The van der Waals surface area contributed by atoms with Crippen molar-refractivity contribution in [3.05, 3.63) is 0 Å². The first-order valence-corrected chi connectivity index (χ1v) is 6.03. The van der Waals surface area contributed by atoms with Crippen LogP contribution in [0.2, 0.25) is 0 Å². The molecule has 0 aromatic rings. The Morgan fingerprint density at radius 3 is 2.21 bits per heavy atom. The SMILES string of the molecule is CCCNC1CC(C(C)(C)C)C1(C)C. The molecule has 84 valence electrons. The van der Waals surface area contributed by atoms with Gasteiger partial charge in [-0.2, -0.15) is 0 Å². The van der Waals surface area contributed by atoms with Crippen LogP contribution in [0, 0.1) is 16.7 Å². The van der Waals surface area contributed by atoms with E-state index in [1.807, 2.05) is 0 Å². The summed E-state index contributed by atoms with van der Waals surface area (Å²) in [6.45, 7) is 15.4. The molecule has 0 saturated heterocycles. The second kappa shape index (κ2) is 3.84. The number of nitrogens with one attached hydrogen (secondary N) is 1. The molecule has 1 heteroatoms. The maximum Gasteiger partial charge on any atom is 0.0124 e. The minimum Gasteiger partial charge on any atom is -0.313 e. The first-order chi connectivity index (χ1) is 6.30. The van der Waals surface area contributed by atoms with Gasteiger partial charge in [0.15, 0.2) is 0 Å². The molecule has 0 radical (unpaired) electrons. The summed E-state index contributed by atoms with van der Waals surface area (Å²) < 4.78 is 0. The zero-order valence-electron chi connectivity index (χ0n) is 10.8. The molecular formula is C13H27N. The van der Waals surface area contributed by atoms with Crippen LogP contribution in [0.15, 0.2) is 0 Å². The molecule has 0 heterocycles. The Kier molecular flexibility index (Phi) is 3.30. The van der Waals surface area contributed by atoms with E-state index in [0.29, 0.717) is 10.8 Å². The van der Waals surface area contributed by atoms with E-state index < -0.39 is 0 Å². The van der Waals surface area contributed by atoms with E-state index in [-0.39, 0.29) is 0 Å². The molecule has 1 fully saturated rings. The van der Waals surface area contributed by atoms with E-state index in [9.17, 15) is 0 Å². The van der Waals surface area contributed by atoms with Gasteiger partial charge in [-0.3, -0.25) is 0 Å². The molecule has 1 aliphatic rings. The molecule has 1 aliphatic carbocycles. The van der Waals surface area contributed by atoms with E-state index in [0.717, 1.165) is 12.0 Å². The second-order valence-corrected chi connectivity index (χ2v) is 6.48. The molecule has 2 unspecified atom stereocenters. The summed E-state index contributed by atoms with van der Waals surface area (Å²) in [5.74, 6) is 0.865. The highest BCUT2D eigenvalue weighted by Gasteiger charge is 2.52. The van der Waals surface area contributed by atoms with Crippen LogP contribution in [0.4, 0.5) is 0 Å². The molecule has 0 aliphatic heterocycles. The fourth-order valence-corrected chi connectivity index (χ4v) is 3.06. The molecule has 1 nitrogen and oxygen atoms in total. The molecular weight excluding hydrogens is 170 g/mol. The van der Waals surface area contributed by atoms with Gasteiger partial charge < -0.3 is 5.32 Å². The molecule has 1 saturated carbocycles. The zero-order chi connectivity index (χ0) is 11.0. The Morgan fingerprint density at radius 1 is 1.29 bits per heavy atom. The monoisotopic (exact) mass is 197 g/mol. The fourth-order valence-electron chi connectivity index (χ4n) is 3.06. The highest BCUT2D eigenvalue weighted by Crippen LogP contribution is 2.54. The summed E-state index contributed by atoms with van der Waals surface area (Å²) in [5.41, 5.74) is 0.946. The second-order valence-electron chi connectivity index (χ2n) is 6.48. The van der Waals surface area contributed by atoms with Crippen LogP contribution < -0.4 is 5.32 Å². The lowest BCUT2D eigenvalue weighted by atomic mass is 9.51. The summed E-state index contributed by atoms with van der Waals surface area (Å²) in [5, 5.41) is 3.66. The predicted octanol–water partition coefficient (Wildman–Crippen LogP) is 3.45. The summed E-state index contributed by atoms with van der Waals surface area (Å²) >= 11 is 0. The number of hydrogen-bond donors (Lipinski definition) is 1. The van der Waals surface area contributed by atoms with Crippen molar-refractivity contribution in [3.63, 3.8) is 0 Å². The first kappa shape index (κ1) is 12.0. The standard InChI is InChI=1S/C13H27N/c1-7-8-14-11-9-10(12(2,3)4)13(11,5)6/h10-11,14H,7-9H2,1-6H3. The fraction of sp³-hybridized carbons (Fsp3) is 1.00. The van der Waals surface area contributed by atoms with Crippen molar-refractivity contribution in [3.8, 4) is 0 Å². The van der Waals surface area contributed by atoms with Gasteiger partial charge >= 0.3 is 0 Å². The third-order valence-electron chi connectivity index (χ3n) is 3.95. The van der Waals surface area contributed by atoms with Crippen LogP contribution >= 0.6 is 0 Å². The highest BCUT2D eigenvalue weighted by molar-refractivity contribution is 5.05. The molecule has 0 amide bonds. The lowest BCUT2D eigenvalue weighted by Crippen LogP contribution is -2.60. The maximum atomic E-state index is 3.66. The Hall–Kier alpha value is -0.0400. The third kappa shape index (κ3) is 2.13. The first-order valence-electron chi connectivity index (χ1n) is 6.03. The van der Waals surface area contributed by atoms with Crippen LogP contribution in [0.1, 0.15) is 54.4 Å². The van der Waals surface area contributed by atoms with Gasteiger partial charge in [0.1, 0.15) is 0 Å². The van der Waals surface area contributed by atoms with Crippen molar-refractivity contribution >= 4 is 0 Å². The van der Waals surface area contributed by atoms with Gasteiger partial charge in [0, 0.05) is 6.04 Å². The van der Waals surface area contributed by atoms with Crippen LogP contribution in [0.5, 0.6) is 0 Å². The Bertz CT molecular complexity index is 188. The van der Waals surface area contributed by atoms with Gasteiger partial charge in [0.05, 0.1) is 0 Å². The molecule has 1 rings (SSSR count). The van der Waals surface area contributed by atoms with Crippen LogP contribution in [-0.2, 0) is 0 Å².